The molecule has 5 heteroatoms. The van der Waals surface area contributed by atoms with Gasteiger partial charge in [0.2, 0.25) is 0 Å². The number of nitrogens with zero attached hydrogens (tertiary/aromatic N) is 1. The monoisotopic (exact) mass is 439 g/mol. The van der Waals surface area contributed by atoms with Gasteiger partial charge in [-0.15, -0.1) is 24.0 Å². The average Bonchev–Trinajstić information content (AvgIpc) is 2.57. The number of anilines is 1. The van der Waals surface area contributed by atoms with Gasteiger partial charge in [-0.05, 0) is 49.1 Å². The number of aliphatic imine (C=N–C) groups is 1. The van der Waals surface area contributed by atoms with Crippen molar-refractivity contribution in [1.29, 1.82) is 0 Å². The van der Waals surface area contributed by atoms with Gasteiger partial charge in [-0.1, -0.05) is 36.8 Å². The van der Waals surface area contributed by atoms with Crippen molar-refractivity contribution in [3.63, 3.8) is 0 Å². The molecule has 2 aromatic rings. The van der Waals surface area contributed by atoms with E-state index >= 15 is 0 Å². The summed E-state index contributed by atoms with van der Waals surface area (Å²) in [7, 11) is 1.68. The molecule has 2 aromatic carbocycles. The summed E-state index contributed by atoms with van der Waals surface area (Å²) in [5, 5.41) is 3.11. The highest BCUT2D eigenvalue weighted by atomic mass is 127. The minimum absolute atomic E-state index is 0. The minimum atomic E-state index is 0. The maximum atomic E-state index is 5.93. The van der Waals surface area contributed by atoms with Gasteiger partial charge in [-0.25, -0.2) is 0 Å². The Morgan fingerprint density at radius 1 is 1.12 bits per heavy atom. The molecular weight excluding hydrogens is 413 g/mol. The van der Waals surface area contributed by atoms with Crippen LogP contribution in [0, 0.1) is 6.92 Å². The molecule has 0 spiro atoms. The van der Waals surface area contributed by atoms with Crippen molar-refractivity contribution >= 4 is 35.6 Å². The molecule has 0 bridgehead atoms. The number of methoxy groups -OCH3 is 1. The van der Waals surface area contributed by atoms with Gasteiger partial charge in [-0.3, -0.25) is 4.99 Å². The molecule has 0 radical (unpaired) electrons. The topological polar surface area (TPSA) is 59.6 Å². The van der Waals surface area contributed by atoms with Gasteiger partial charge in [0.05, 0.1) is 7.11 Å². The van der Waals surface area contributed by atoms with E-state index in [0.29, 0.717) is 18.4 Å². The summed E-state index contributed by atoms with van der Waals surface area (Å²) in [6.07, 6.45) is 0.947. The Bertz CT molecular complexity index is 639. The maximum Gasteiger partial charge on any atom is 0.193 e. The number of ether oxygens (including phenoxy) is 1. The summed E-state index contributed by atoms with van der Waals surface area (Å²) in [4.78, 5) is 4.40. The van der Waals surface area contributed by atoms with Gasteiger partial charge in [0.1, 0.15) is 5.75 Å². The van der Waals surface area contributed by atoms with Crippen LogP contribution in [0.2, 0.25) is 0 Å². The van der Waals surface area contributed by atoms with Crippen molar-refractivity contribution in [1.82, 2.24) is 0 Å². The summed E-state index contributed by atoms with van der Waals surface area (Å²) in [6, 6.07) is 16.3. The highest BCUT2D eigenvalue weighted by Gasteiger charge is 2.05. The van der Waals surface area contributed by atoms with E-state index < -0.39 is 0 Å². The number of hydrogen-bond acceptors (Lipinski definition) is 2. The van der Waals surface area contributed by atoms with Crippen LogP contribution in [0.1, 0.15) is 30.4 Å². The Kier molecular flexibility index (Phi) is 8.60. The second kappa shape index (κ2) is 10.2. The summed E-state index contributed by atoms with van der Waals surface area (Å²) in [6.45, 7) is 4.95. The second-order valence-corrected chi connectivity index (χ2v) is 5.72. The van der Waals surface area contributed by atoms with E-state index in [1.165, 1.54) is 11.1 Å². The maximum absolute atomic E-state index is 5.93. The van der Waals surface area contributed by atoms with Crippen molar-refractivity contribution < 1.29 is 4.74 Å². The van der Waals surface area contributed by atoms with Gasteiger partial charge < -0.3 is 15.8 Å². The van der Waals surface area contributed by atoms with E-state index in [-0.39, 0.29) is 24.0 Å². The van der Waals surface area contributed by atoms with Crippen LogP contribution >= 0.6 is 24.0 Å². The van der Waals surface area contributed by atoms with Crippen LogP contribution in [0.15, 0.2) is 53.5 Å². The Labute approximate surface area is 161 Å². The molecule has 130 valence electrons. The molecule has 0 aliphatic heterocycles. The molecule has 1 unspecified atom stereocenters. The van der Waals surface area contributed by atoms with Crippen molar-refractivity contribution in [2.75, 3.05) is 19.0 Å². The molecule has 0 fully saturated rings. The van der Waals surface area contributed by atoms with Gasteiger partial charge in [0.15, 0.2) is 5.96 Å². The van der Waals surface area contributed by atoms with E-state index in [2.05, 4.69) is 36.3 Å². The van der Waals surface area contributed by atoms with Crippen molar-refractivity contribution in [3.05, 3.63) is 59.7 Å². The third-order valence-electron chi connectivity index (χ3n) is 3.85. The van der Waals surface area contributed by atoms with Crippen LogP contribution in [-0.2, 0) is 0 Å². The van der Waals surface area contributed by atoms with Crippen molar-refractivity contribution in [2.45, 2.75) is 26.2 Å². The number of hydrogen-bond donors (Lipinski definition) is 2. The Hall–Kier alpha value is -1.76. The van der Waals surface area contributed by atoms with E-state index in [1.807, 2.05) is 36.4 Å². The smallest absolute Gasteiger partial charge is 0.193 e. The molecule has 0 saturated carbocycles. The highest BCUT2D eigenvalue weighted by molar-refractivity contribution is 14.0. The van der Waals surface area contributed by atoms with Crippen LogP contribution in [0.4, 0.5) is 5.69 Å². The first-order valence-corrected chi connectivity index (χ1v) is 7.86. The number of guanidine groups is 1. The highest BCUT2D eigenvalue weighted by Crippen LogP contribution is 2.21. The summed E-state index contributed by atoms with van der Waals surface area (Å²) < 4.78 is 5.18. The number of nitrogens with one attached hydrogen (secondary N) is 1. The predicted octanol–water partition coefficient (Wildman–Crippen LogP) is 4.54. The number of aryl methyl sites for hydroxylation is 1. The lowest BCUT2D eigenvalue weighted by Gasteiger charge is -2.11. The molecule has 0 aliphatic rings. The molecule has 2 rings (SSSR count). The fourth-order valence-electron chi connectivity index (χ4n) is 2.30. The Morgan fingerprint density at radius 3 is 2.33 bits per heavy atom. The van der Waals surface area contributed by atoms with Gasteiger partial charge >= 0.3 is 0 Å². The predicted molar refractivity (Wildman–Crippen MR) is 113 cm³/mol. The Balaban J connectivity index is 0.00000288. The second-order valence-electron chi connectivity index (χ2n) is 5.72. The fraction of sp³-hybridized carbons (Fsp3) is 0.316. The van der Waals surface area contributed by atoms with Crippen molar-refractivity contribution in [2.24, 2.45) is 10.7 Å². The number of rotatable bonds is 6. The quantitative estimate of drug-likeness (QED) is 0.395. The van der Waals surface area contributed by atoms with Gasteiger partial charge in [0, 0.05) is 12.2 Å². The van der Waals surface area contributed by atoms with E-state index in [0.717, 1.165) is 17.9 Å². The average molecular weight is 439 g/mol. The molecule has 0 aromatic heterocycles. The molecule has 0 aliphatic carbocycles. The first kappa shape index (κ1) is 20.3. The Morgan fingerprint density at radius 2 is 1.75 bits per heavy atom. The van der Waals surface area contributed by atoms with E-state index in [9.17, 15) is 0 Å². The number of benzene rings is 2. The fourth-order valence-corrected chi connectivity index (χ4v) is 2.30. The van der Waals surface area contributed by atoms with Crippen LogP contribution in [0.25, 0.3) is 0 Å². The zero-order chi connectivity index (χ0) is 16.7. The van der Waals surface area contributed by atoms with E-state index in [1.54, 1.807) is 7.11 Å². The molecular formula is C19H26IN3O. The molecule has 4 nitrogen and oxygen atoms in total. The van der Waals surface area contributed by atoms with Crippen LogP contribution in [0.5, 0.6) is 5.75 Å². The zero-order valence-electron chi connectivity index (χ0n) is 14.5. The first-order valence-electron chi connectivity index (χ1n) is 7.86. The molecule has 24 heavy (non-hydrogen) atoms. The normalized spacial score (nSPS) is 12.2. The molecule has 1 atom stereocenters. The van der Waals surface area contributed by atoms with E-state index in [4.69, 9.17) is 10.5 Å². The van der Waals surface area contributed by atoms with Crippen LogP contribution in [0.3, 0.4) is 0 Å². The minimum Gasteiger partial charge on any atom is -0.497 e. The molecule has 0 heterocycles. The van der Waals surface area contributed by atoms with Gasteiger partial charge in [-0.2, -0.15) is 0 Å². The third kappa shape index (κ3) is 6.39. The third-order valence-corrected chi connectivity index (χ3v) is 3.85. The summed E-state index contributed by atoms with van der Waals surface area (Å²) in [5.74, 6) is 1.76. The lowest BCUT2D eigenvalue weighted by Crippen LogP contribution is -2.23. The lowest BCUT2D eigenvalue weighted by molar-refractivity contribution is 0.414. The summed E-state index contributed by atoms with van der Waals surface area (Å²) in [5.41, 5.74) is 9.39. The molecule has 0 saturated heterocycles. The standard InChI is InChI=1S/C19H25N3O.HI/c1-14-4-8-17(9-5-14)22-19(20)21-13-12-15(2)16-6-10-18(23-3)11-7-16;/h4-11,15H,12-13H2,1-3H3,(H3,20,21,22);1H. The molecule has 3 N–H and O–H groups in total. The van der Waals surface area contributed by atoms with Gasteiger partial charge in [0.25, 0.3) is 0 Å². The molecule has 0 amide bonds. The first-order chi connectivity index (χ1) is 11.1. The van der Waals surface area contributed by atoms with Crippen LogP contribution in [-0.4, -0.2) is 19.6 Å². The van der Waals surface area contributed by atoms with Crippen LogP contribution < -0.4 is 15.8 Å². The SMILES string of the molecule is COc1ccc(C(C)CCN=C(N)Nc2ccc(C)cc2)cc1.I. The zero-order valence-corrected chi connectivity index (χ0v) is 16.8. The lowest BCUT2D eigenvalue weighted by atomic mass is 9.98. The number of halogens is 1. The largest absolute Gasteiger partial charge is 0.497 e. The number of nitrogens with two attached hydrogens (primary N) is 1. The summed E-state index contributed by atoms with van der Waals surface area (Å²) >= 11 is 0. The van der Waals surface area contributed by atoms with Crippen molar-refractivity contribution in [3.8, 4) is 5.75 Å².